The van der Waals surface area contributed by atoms with Gasteiger partial charge in [0.1, 0.15) is 0 Å². The van der Waals surface area contributed by atoms with Crippen molar-refractivity contribution in [2.75, 3.05) is 0 Å². The molecule has 1 aromatic carbocycles. The Kier molecular flexibility index (Phi) is 4.50. The van der Waals surface area contributed by atoms with Crippen molar-refractivity contribution in [1.29, 1.82) is 0 Å². The number of carbonyl (C=O) groups is 2. The van der Waals surface area contributed by atoms with Crippen LogP contribution in [0.4, 0.5) is 4.79 Å². The van der Waals surface area contributed by atoms with Crippen molar-refractivity contribution in [2.45, 2.75) is 13.5 Å². The number of hydrogen-bond donors (Lipinski definition) is 0. The van der Waals surface area contributed by atoms with Gasteiger partial charge in [0.25, 0.3) is 11.1 Å². The average Bonchev–Trinajstić information content (AvgIpc) is 2.77. The van der Waals surface area contributed by atoms with Crippen molar-refractivity contribution in [3.63, 3.8) is 0 Å². The number of hydrogen-bond acceptors (Lipinski definition) is 4. The Balaban J connectivity index is 1.81. The predicted molar refractivity (Wildman–Crippen MR) is 91.9 cm³/mol. The maximum atomic E-state index is 12.4. The van der Waals surface area contributed by atoms with E-state index < -0.39 is 0 Å². The summed E-state index contributed by atoms with van der Waals surface area (Å²) in [6.07, 6.45) is 1.65. The molecule has 1 aromatic heterocycles. The summed E-state index contributed by atoms with van der Waals surface area (Å²) in [5, 5.41) is 0.345. The van der Waals surface area contributed by atoms with Crippen LogP contribution < -0.4 is 0 Å². The molecule has 0 radical (unpaired) electrons. The van der Waals surface area contributed by atoms with Gasteiger partial charge >= 0.3 is 0 Å². The lowest BCUT2D eigenvalue weighted by molar-refractivity contribution is -0.123. The lowest BCUT2D eigenvalue weighted by Crippen LogP contribution is -2.27. The lowest BCUT2D eigenvalue weighted by atomic mass is 10.2. The number of amides is 2. The number of aryl methyl sites for hydroxylation is 1. The highest BCUT2D eigenvalue weighted by molar-refractivity contribution is 8.18. The summed E-state index contributed by atoms with van der Waals surface area (Å²) in [6, 6.07) is 12.6. The number of carbonyl (C=O) groups excluding carboxylic acids is 2. The number of pyridine rings is 1. The highest BCUT2D eigenvalue weighted by Crippen LogP contribution is 2.33. The van der Waals surface area contributed by atoms with Crippen LogP contribution in [0, 0.1) is 6.92 Å². The van der Waals surface area contributed by atoms with Crippen molar-refractivity contribution < 1.29 is 9.59 Å². The average molecular weight is 345 g/mol. The van der Waals surface area contributed by atoms with E-state index in [1.54, 1.807) is 36.4 Å². The molecule has 2 amide bonds. The predicted octanol–water partition coefficient (Wildman–Crippen LogP) is 4.28. The first-order valence-electron chi connectivity index (χ1n) is 6.96. The zero-order valence-electron chi connectivity index (χ0n) is 12.3. The van der Waals surface area contributed by atoms with Gasteiger partial charge in [0.05, 0.1) is 17.1 Å². The molecule has 116 valence electrons. The largest absolute Gasteiger partial charge is 0.293 e. The third-order valence-electron chi connectivity index (χ3n) is 3.32. The SMILES string of the molecule is Cc1cccc(/C=C2\SC(=O)N(Cc3ccc(Cl)cc3)C2=O)n1. The monoisotopic (exact) mass is 344 g/mol. The number of aromatic nitrogens is 1. The van der Waals surface area contributed by atoms with Gasteiger partial charge in [-0.1, -0.05) is 29.8 Å². The van der Waals surface area contributed by atoms with Crippen molar-refractivity contribution in [3.8, 4) is 0 Å². The highest BCUT2D eigenvalue weighted by atomic mass is 35.5. The van der Waals surface area contributed by atoms with Crippen LogP contribution in [0.1, 0.15) is 17.0 Å². The molecule has 4 nitrogen and oxygen atoms in total. The molecule has 0 aliphatic carbocycles. The smallest absolute Gasteiger partial charge is 0.268 e. The Morgan fingerprint density at radius 1 is 1.17 bits per heavy atom. The molecule has 1 saturated heterocycles. The van der Waals surface area contributed by atoms with E-state index in [4.69, 9.17) is 11.6 Å². The highest BCUT2D eigenvalue weighted by Gasteiger charge is 2.35. The molecule has 0 N–H and O–H groups in total. The fourth-order valence-corrected chi connectivity index (χ4v) is 3.14. The molecule has 0 atom stereocenters. The van der Waals surface area contributed by atoms with Crippen molar-refractivity contribution >= 4 is 40.6 Å². The zero-order chi connectivity index (χ0) is 16.4. The summed E-state index contributed by atoms with van der Waals surface area (Å²) in [7, 11) is 0. The summed E-state index contributed by atoms with van der Waals surface area (Å²) >= 11 is 6.78. The van der Waals surface area contributed by atoms with E-state index in [1.165, 1.54) is 4.90 Å². The number of nitrogens with zero attached hydrogens (tertiary/aromatic N) is 2. The molecule has 3 rings (SSSR count). The van der Waals surface area contributed by atoms with Gasteiger partial charge in [0, 0.05) is 10.7 Å². The first kappa shape index (κ1) is 15.8. The van der Waals surface area contributed by atoms with Crippen LogP contribution >= 0.6 is 23.4 Å². The van der Waals surface area contributed by atoms with Gasteiger partial charge in [-0.2, -0.15) is 0 Å². The van der Waals surface area contributed by atoms with Gasteiger partial charge in [0.15, 0.2) is 0 Å². The minimum atomic E-state index is -0.293. The molecule has 1 fully saturated rings. The lowest BCUT2D eigenvalue weighted by Gasteiger charge is -2.12. The molecule has 6 heteroatoms. The third kappa shape index (κ3) is 3.63. The summed E-state index contributed by atoms with van der Waals surface area (Å²) in [6.45, 7) is 2.12. The van der Waals surface area contributed by atoms with Gasteiger partial charge in [-0.3, -0.25) is 19.5 Å². The molecule has 0 bridgehead atoms. The van der Waals surface area contributed by atoms with Crippen molar-refractivity contribution in [3.05, 3.63) is 69.3 Å². The van der Waals surface area contributed by atoms with Gasteiger partial charge < -0.3 is 0 Å². The Labute approximate surface area is 143 Å². The standard InChI is InChI=1S/C17H13ClN2O2S/c1-11-3-2-4-14(19-11)9-15-16(21)20(17(22)23-15)10-12-5-7-13(18)8-6-12/h2-9H,10H2,1H3/b15-9-. The van der Waals surface area contributed by atoms with Gasteiger partial charge in [-0.05, 0) is 54.6 Å². The van der Waals surface area contributed by atoms with Gasteiger partial charge in [-0.15, -0.1) is 0 Å². The molecule has 0 saturated carbocycles. The van der Waals surface area contributed by atoms with E-state index in [2.05, 4.69) is 4.98 Å². The van der Waals surface area contributed by atoms with Crippen LogP contribution in [0.15, 0.2) is 47.4 Å². The molecule has 0 spiro atoms. The van der Waals surface area contributed by atoms with Crippen LogP contribution in [-0.4, -0.2) is 21.0 Å². The topological polar surface area (TPSA) is 50.3 Å². The van der Waals surface area contributed by atoms with E-state index in [0.717, 1.165) is 23.0 Å². The molecule has 1 aliphatic heterocycles. The fourth-order valence-electron chi connectivity index (χ4n) is 2.19. The second-order valence-corrected chi connectivity index (χ2v) is 6.53. The van der Waals surface area contributed by atoms with Crippen LogP contribution in [0.2, 0.25) is 5.02 Å². The Morgan fingerprint density at radius 3 is 2.61 bits per heavy atom. The first-order valence-corrected chi connectivity index (χ1v) is 8.16. The maximum Gasteiger partial charge on any atom is 0.293 e. The quantitative estimate of drug-likeness (QED) is 0.780. The molecule has 0 unspecified atom stereocenters. The van der Waals surface area contributed by atoms with Gasteiger partial charge in [-0.25, -0.2) is 0 Å². The third-order valence-corrected chi connectivity index (χ3v) is 4.48. The second kappa shape index (κ2) is 6.56. The van der Waals surface area contributed by atoms with Crippen LogP contribution in [0.25, 0.3) is 6.08 Å². The number of thioether (sulfide) groups is 1. The minimum absolute atomic E-state index is 0.237. The minimum Gasteiger partial charge on any atom is -0.268 e. The van der Waals surface area contributed by atoms with E-state index in [-0.39, 0.29) is 17.7 Å². The van der Waals surface area contributed by atoms with E-state index in [1.807, 2.05) is 19.1 Å². The molecule has 2 aromatic rings. The summed E-state index contributed by atoms with van der Waals surface area (Å²) in [5.41, 5.74) is 2.38. The summed E-state index contributed by atoms with van der Waals surface area (Å²) < 4.78 is 0. The number of halogens is 1. The number of imide groups is 1. The molecule has 23 heavy (non-hydrogen) atoms. The Morgan fingerprint density at radius 2 is 1.91 bits per heavy atom. The number of rotatable bonds is 3. The van der Waals surface area contributed by atoms with Crippen molar-refractivity contribution in [1.82, 2.24) is 9.88 Å². The maximum absolute atomic E-state index is 12.4. The molecular weight excluding hydrogens is 332 g/mol. The number of benzene rings is 1. The fraction of sp³-hybridized carbons (Fsp3) is 0.118. The van der Waals surface area contributed by atoms with Crippen molar-refractivity contribution in [2.24, 2.45) is 0 Å². The second-order valence-electron chi connectivity index (χ2n) is 5.10. The Hall–Kier alpha value is -2.11. The first-order chi connectivity index (χ1) is 11.0. The van der Waals surface area contributed by atoms with E-state index in [0.29, 0.717) is 15.6 Å². The molecule has 1 aliphatic rings. The van der Waals surface area contributed by atoms with E-state index >= 15 is 0 Å². The van der Waals surface area contributed by atoms with Gasteiger partial charge in [0.2, 0.25) is 0 Å². The summed E-state index contributed by atoms with van der Waals surface area (Å²) in [5.74, 6) is -0.293. The zero-order valence-corrected chi connectivity index (χ0v) is 13.9. The Bertz CT molecular complexity index is 802. The normalized spacial score (nSPS) is 16.4. The van der Waals surface area contributed by atoms with Crippen LogP contribution in [-0.2, 0) is 11.3 Å². The van der Waals surface area contributed by atoms with Crippen LogP contribution in [0.5, 0.6) is 0 Å². The van der Waals surface area contributed by atoms with E-state index in [9.17, 15) is 9.59 Å². The van der Waals surface area contributed by atoms with Crippen LogP contribution in [0.3, 0.4) is 0 Å². The molecular formula is C17H13ClN2O2S. The molecule has 2 heterocycles. The summed E-state index contributed by atoms with van der Waals surface area (Å²) in [4.78, 5) is 30.5.